The molecule has 0 N–H and O–H groups in total. The molecule has 1 aromatic heterocycles. The summed E-state index contributed by atoms with van der Waals surface area (Å²) in [6.07, 6.45) is 1.69. The molecule has 3 fully saturated rings. The molecule has 1 spiro atoms. The number of nitrogens with zero attached hydrogens (tertiary/aromatic N) is 6. The lowest BCUT2D eigenvalue weighted by Gasteiger charge is -2.33. The number of benzene rings is 2. The number of alkyl halides is 3. The summed E-state index contributed by atoms with van der Waals surface area (Å²) in [4.78, 5) is 31.9. The van der Waals surface area contributed by atoms with Crippen molar-refractivity contribution in [2.24, 2.45) is 18.4 Å². The maximum Gasteiger partial charge on any atom is 0.416 e. The highest BCUT2D eigenvalue weighted by molar-refractivity contribution is 6.10. The Morgan fingerprint density at radius 3 is 2.52 bits per heavy atom. The molecule has 1 aliphatic carbocycles. The van der Waals surface area contributed by atoms with E-state index in [1.54, 1.807) is 23.4 Å². The van der Waals surface area contributed by atoms with E-state index in [0.29, 0.717) is 49.9 Å². The van der Waals surface area contributed by atoms with E-state index in [-0.39, 0.29) is 35.1 Å². The van der Waals surface area contributed by atoms with Crippen molar-refractivity contribution >= 4 is 17.7 Å². The highest BCUT2D eigenvalue weighted by atomic mass is 19.4. The Balaban J connectivity index is 1.11. The van der Waals surface area contributed by atoms with Gasteiger partial charge >= 0.3 is 12.3 Å². The molecule has 3 aliphatic heterocycles. The molecule has 2 atom stereocenters. The molecule has 4 heterocycles. The summed E-state index contributed by atoms with van der Waals surface area (Å²) in [6.45, 7) is 8.24. The van der Waals surface area contributed by atoms with Gasteiger partial charge in [-0.15, -0.1) is 10.2 Å². The predicted molar refractivity (Wildman–Crippen MR) is 173 cm³/mol. The molecule has 0 bridgehead atoms. The topological polar surface area (TPSA) is 83.8 Å². The molecule has 48 heavy (non-hydrogen) atoms. The molecule has 0 unspecified atom stereocenters. The Kier molecular flexibility index (Phi) is 8.08. The van der Waals surface area contributed by atoms with Crippen LogP contribution in [0.1, 0.15) is 97.2 Å². The number of likely N-dealkylation sites (tertiary alicyclic amines) is 2. The van der Waals surface area contributed by atoms with Gasteiger partial charge in [-0.1, -0.05) is 18.6 Å². The largest absolute Gasteiger partial charge is 0.444 e. The van der Waals surface area contributed by atoms with Crippen molar-refractivity contribution < 1.29 is 27.5 Å². The fourth-order valence-electron chi connectivity index (χ4n) is 8.06. The lowest BCUT2D eigenvalue weighted by atomic mass is 9.72. The van der Waals surface area contributed by atoms with Gasteiger partial charge < -0.3 is 19.1 Å². The molecule has 1 saturated carbocycles. The first kappa shape index (κ1) is 32.6. The van der Waals surface area contributed by atoms with Gasteiger partial charge in [0.05, 0.1) is 12.1 Å². The number of ether oxygens (including phenoxy) is 1. The van der Waals surface area contributed by atoms with Gasteiger partial charge in [-0.2, -0.15) is 13.2 Å². The van der Waals surface area contributed by atoms with Crippen LogP contribution in [0.3, 0.4) is 0 Å². The minimum absolute atomic E-state index is 0.0107. The normalized spacial score (nSPS) is 22.4. The first-order chi connectivity index (χ1) is 22.7. The average molecular weight is 665 g/mol. The van der Waals surface area contributed by atoms with Crippen LogP contribution in [0, 0.1) is 11.3 Å². The van der Waals surface area contributed by atoms with Gasteiger partial charge in [0.2, 0.25) is 0 Å². The number of anilines is 1. The van der Waals surface area contributed by atoms with Crippen molar-refractivity contribution in [2.75, 3.05) is 31.1 Å². The summed E-state index contributed by atoms with van der Waals surface area (Å²) in [6, 6.07) is 10.5. The minimum Gasteiger partial charge on any atom is -0.444 e. The third-order valence-electron chi connectivity index (χ3n) is 10.6. The number of fused-ring (bicyclic) bond motifs is 1. The zero-order chi connectivity index (χ0) is 34.0. The molecular weight excluding hydrogens is 621 g/mol. The molecule has 4 aliphatic rings. The predicted octanol–water partition coefficient (Wildman–Crippen LogP) is 6.76. The van der Waals surface area contributed by atoms with Crippen molar-refractivity contribution in [3.8, 4) is 0 Å². The van der Waals surface area contributed by atoms with E-state index in [1.165, 1.54) is 11.0 Å². The minimum atomic E-state index is -4.61. The van der Waals surface area contributed by atoms with Crippen molar-refractivity contribution in [2.45, 2.75) is 83.7 Å². The lowest BCUT2D eigenvalue weighted by Crippen LogP contribution is -2.37. The fourth-order valence-corrected chi connectivity index (χ4v) is 8.06. The summed E-state index contributed by atoms with van der Waals surface area (Å²) < 4.78 is 51.2. The summed E-state index contributed by atoms with van der Waals surface area (Å²) in [5, 5.41) is 8.47. The molecule has 3 aromatic rings. The Labute approximate surface area is 279 Å². The summed E-state index contributed by atoms with van der Waals surface area (Å²) in [5.41, 5.74) is 0.716. The lowest BCUT2D eigenvalue weighted by molar-refractivity contribution is -0.138. The first-order valence-corrected chi connectivity index (χ1v) is 16.9. The molecular formula is C36H43F3N6O3. The van der Waals surface area contributed by atoms with Crippen LogP contribution >= 0.6 is 0 Å². The number of aromatic nitrogens is 3. The van der Waals surface area contributed by atoms with Crippen LogP contribution in [0.15, 0.2) is 42.7 Å². The number of rotatable bonds is 6. The van der Waals surface area contributed by atoms with Crippen LogP contribution in [0.25, 0.3) is 0 Å². The molecule has 2 saturated heterocycles. The second-order valence-corrected chi connectivity index (χ2v) is 15.2. The fraction of sp³-hybridized carbons (Fsp3) is 0.556. The van der Waals surface area contributed by atoms with E-state index in [4.69, 9.17) is 4.74 Å². The van der Waals surface area contributed by atoms with Crippen molar-refractivity contribution in [1.82, 2.24) is 24.6 Å². The quantitative estimate of drug-likeness (QED) is 0.290. The van der Waals surface area contributed by atoms with E-state index >= 15 is 0 Å². The van der Waals surface area contributed by atoms with Gasteiger partial charge in [0.15, 0.2) is 0 Å². The Bertz CT molecular complexity index is 1730. The second kappa shape index (κ2) is 11.9. The van der Waals surface area contributed by atoms with E-state index in [0.717, 1.165) is 43.5 Å². The highest BCUT2D eigenvalue weighted by Crippen LogP contribution is 2.45. The number of hydrogen-bond donors (Lipinski definition) is 0. The standard InChI is InChI=1S/C36H43F3N6O3/c1-34(2,3)48-33(47)44-14-12-35(21-44)11-13-43(20-35)18-23-15-27-28(29(16-23)36(37,38)39)19-45(32(27)46)26-10-6-9-25(17-26)30(24-7-5-8-24)31-41-40-22-42(31)4/h6,9-10,15-17,22,24,30H,5,7-8,11-14,18-21H2,1-4H3/t30-,35+/m1/s1. The van der Waals surface area contributed by atoms with Crippen molar-refractivity contribution in [3.63, 3.8) is 0 Å². The van der Waals surface area contributed by atoms with Crippen LogP contribution in [-0.4, -0.2) is 68.3 Å². The number of halogens is 3. The zero-order valence-corrected chi connectivity index (χ0v) is 28.0. The monoisotopic (exact) mass is 664 g/mol. The number of carbonyl (C=O) groups is 2. The van der Waals surface area contributed by atoms with Gasteiger partial charge in [-0.05, 0) is 99.9 Å². The highest BCUT2D eigenvalue weighted by Gasteiger charge is 2.46. The number of aryl methyl sites for hydroxylation is 1. The Morgan fingerprint density at radius 2 is 1.85 bits per heavy atom. The van der Waals surface area contributed by atoms with Gasteiger partial charge in [0.1, 0.15) is 17.8 Å². The first-order valence-electron chi connectivity index (χ1n) is 16.9. The van der Waals surface area contributed by atoms with Crippen LogP contribution < -0.4 is 4.90 Å². The molecule has 12 heteroatoms. The molecule has 7 rings (SSSR count). The van der Waals surface area contributed by atoms with Gasteiger partial charge in [0, 0.05) is 55.8 Å². The van der Waals surface area contributed by atoms with Gasteiger partial charge in [-0.3, -0.25) is 9.69 Å². The van der Waals surface area contributed by atoms with Crippen molar-refractivity contribution in [1.29, 1.82) is 0 Å². The van der Waals surface area contributed by atoms with Crippen LogP contribution in [0.2, 0.25) is 0 Å². The maximum absolute atomic E-state index is 14.6. The summed E-state index contributed by atoms with van der Waals surface area (Å²) >= 11 is 0. The average Bonchev–Trinajstić information content (AvgIpc) is 3.77. The van der Waals surface area contributed by atoms with Gasteiger partial charge in [0.25, 0.3) is 5.91 Å². The molecule has 256 valence electrons. The number of carbonyl (C=O) groups excluding carboxylic acids is 2. The maximum atomic E-state index is 14.6. The molecule has 0 radical (unpaired) electrons. The summed E-state index contributed by atoms with van der Waals surface area (Å²) in [5.74, 6) is 0.803. The number of hydrogen-bond acceptors (Lipinski definition) is 6. The second-order valence-electron chi connectivity index (χ2n) is 15.2. The zero-order valence-electron chi connectivity index (χ0n) is 28.0. The third-order valence-corrected chi connectivity index (χ3v) is 10.6. The smallest absolute Gasteiger partial charge is 0.416 e. The molecule has 2 amide bonds. The van der Waals surface area contributed by atoms with Gasteiger partial charge in [-0.25, -0.2) is 4.79 Å². The molecule has 2 aromatic carbocycles. The van der Waals surface area contributed by atoms with Crippen LogP contribution in [0.5, 0.6) is 0 Å². The molecule has 9 nitrogen and oxygen atoms in total. The van der Waals surface area contributed by atoms with E-state index in [1.807, 2.05) is 50.6 Å². The van der Waals surface area contributed by atoms with E-state index in [9.17, 15) is 22.8 Å². The summed E-state index contributed by atoms with van der Waals surface area (Å²) in [7, 11) is 1.91. The van der Waals surface area contributed by atoms with E-state index < -0.39 is 23.2 Å². The number of amides is 2. The van der Waals surface area contributed by atoms with Crippen molar-refractivity contribution in [3.05, 3.63) is 76.4 Å². The SMILES string of the molecule is Cn1cnnc1[C@@H](c1cccc(N2Cc3c(cc(CN4CC[C@]5(CCN(C(=O)OC(C)(C)C)C5)C4)cc3C(F)(F)F)C2=O)c1)C1CCC1. The van der Waals surface area contributed by atoms with Crippen LogP contribution in [0.4, 0.5) is 23.7 Å². The Morgan fingerprint density at radius 1 is 1.08 bits per heavy atom. The third kappa shape index (κ3) is 6.19. The van der Waals surface area contributed by atoms with Crippen LogP contribution in [-0.2, 0) is 31.1 Å². The van der Waals surface area contributed by atoms with E-state index in [2.05, 4.69) is 15.1 Å². The Hall–Kier alpha value is -3.93.